The van der Waals surface area contributed by atoms with Crippen molar-refractivity contribution in [3.05, 3.63) is 64.7 Å². The Morgan fingerprint density at radius 1 is 1.03 bits per heavy atom. The van der Waals surface area contributed by atoms with Gasteiger partial charge in [0.25, 0.3) is 17.7 Å². The number of carbonyl (C=O) groups is 4. The number of carbonyl (C=O) groups excluding carboxylic acids is 4. The zero-order valence-corrected chi connectivity index (χ0v) is 18.5. The van der Waals surface area contributed by atoms with Crippen LogP contribution in [0.25, 0.3) is 0 Å². The van der Waals surface area contributed by atoms with Crippen molar-refractivity contribution in [1.29, 1.82) is 0 Å². The van der Waals surface area contributed by atoms with E-state index < -0.39 is 31.0 Å². The fraction of sp³-hybridized carbons (Fsp3) is 0.333. The fourth-order valence-electron chi connectivity index (χ4n) is 3.39. The van der Waals surface area contributed by atoms with Crippen LogP contribution in [-0.4, -0.2) is 54.9 Å². The van der Waals surface area contributed by atoms with Crippen LogP contribution >= 0.6 is 0 Å². The third kappa shape index (κ3) is 6.15. The van der Waals surface area contributed by atoms with E-state index in [1.165, 1.54) is 30.3 Å². The van der Waals surface area contributed by atoms with Crippen molar-refractivity contribution in [3.8, 4) is 5.75 Å². The maximum atomic E-state index is 12.5. The molecule has 0 radical (unpaired) electrons. The van der Waals surface area contributed by atoms with Crippen LogP contribution in [0.15, 0.2) is 42.5 Å². The topological polar surface area (TPSA) is 102 Å². The SMILES string of the molecule is CCCCN1C(=O)c2ccc(C(=O)OCC(=O)NCCc3ccc(OC(F)F)cc3)cc2C1=O. The summed E-state index contributed by atoms with van der Waals surface area (Å²) in [6.45, 7) is -0.904. The van der Waals surface area contributed by atoms with Gasteiger partial charge in [-0.15, -0.1) is 0 Å². The lowest BCUT2D eigenvalue weighted by Gasteiger charge is -2.12. The summed E-state index contributed by atoms with van der Waals surface area (Å²) in [5, 5.41) is 2.59. The molecule has 1 N–H and O–H groups in total. The lowest BCUT2D eigenvalue weighted by atomic mass is 10.1. The van der Waals surface area contributed by atoms with Crippen molar-refractivity contribution in [2.45, 2.75) is 32.8 Å². The molecule has 10 heteroatoms. The molecule has 0 fully saturated rings. The number of amides is 3. The number of ether oxygens (including phenoxy) is 2. The standard InChI is InChI=1S/C24H24F2N2O6/c1-2-3-12-28-21(30)18-9-6-16(13-19(18)22(28)31)23(32)33-14-20(29)27-11-10-15-4-7-17(8-5-15)34-24(25)26/h4-9,13,24H,2-3,10-12,14H2,1H3,(H,27,29). The van der Waals surface area contributed by atoms with Gasteiger partial charge in [-0.2, -0.15) is 8.78 Å². The Bertz CT molecular complexity index is 1070. The molecule has 2 aromatic carbocycles. The van der Waals surface area contributed by atoms with Crippen LogP contribution in [0.2, 0.25) is 0 Å². The van der Waals surface area contributed by atoms with Gasteiger partial charge in [0.05, 0.1) is 16.7 Å². The maximum Gasteiger partial charge on any atom is 0.387 e. The molecule has 0 aliphatic carbocycles. The number of esters is 1. The van der Waals surface area contributed by atoms with Crippen LogP contribution in [0, 0.1) is 0 Å². The first-order valence-corrected chi connectivity index (χ1v) is 10.8. The Morgan fingerprint density at radius 2 is 1.74 bits per heavy atom. The summed E-state index contributed by atoms with van der Waals surface area (Å²) in [6.07, 6.45) is 1.95. The zero-order chi connectivity index (χ0) is 24.7. The van der Waals surface area contributed by atoms with Gasteiger partial charge in [-0.25, -0.2) is 4.79 Å². The van der Waals surface area contributed by atoms with E-state index in [9.17, 15) is 28.0 Å². The van der Waals surface area contributed by atoms with Crippen molar-refractivity contribution in [1.82, 2.24) is 10.2 Å². The molecule has 0 unspecified atom stereocenters. The largest absolute Gasteiger partial charge is 0.452 e. The number of halogens is 2. The van der Waals surface area contributed by atoms with Gasteiger partial charge in [-0.05, 0) is 48.7 Å². The van der Waals surface area contributed by atoms with Crippen LogP contribution < -0.4 is 10.1 Å². The van der Waals surface area contributed by atoms with Crippen LogP contribution in [0.3, 0.4) is 0 Å². The molecule has 1 heterocycles. The number of hydrogen-bond donors (Lipinski definition) is 1. The lowest BCUT2D eigenvalue weighted by molar-refractivity contribution is -0.124. The Balaban J connectivity index is 1.46. The molecule has 8 nitrogen and oxygen atoms in total. The molecular weight excluding hydrogens is 450 g/mol. The number of benzene rings is 2. The third-order valence-electron chi connectivity index (χ3n) is 5.16. The van der Waals surface area contributed by atoms with Crippen LogP contribution in [0.1, 0.15) is 56.4 Å². The lowest BCUT2D eigenvalue weighted by Crippen LogP contribution is -2.30. The first-order valence-electron chi connectivity index (χ1n) is 10.8. The Kier molecular flexibility index (Phi) is 8.29. The minimum atomic E-state index is -2.90. The van der Waals surface area contributed by atoms with Gasteiger partial charge in [0.2, 0.25) is 0 Å². The molecule has 0 spiro atoms. The molecular formula is C24H24F2N2O6. The summed E-state index contributed by atoms with van der Waals surface area (Å²) >= 11 is 0. The summed E-state index contributed by atoms with van der Waals surface area (Å²) in [6, 6.07) is 10.1. The predicted molar refractivity (Wildman–Crippen MR) is 117 cm³/mol. The number of nitrogens with zero attached hydrogens (tertiary/aromatic N) is 1. The normalized spacial score (nSPS) is 12.6. The highest BCUT2D eigenvalue weighted by atomic mass is 19.3. The number of rotatable bonds is 11. The summed E-state index contributed by atoms with van der Waals surface area (Å²) in [5.74, 6) is -2.11. The second-order valence-corrected chi connectivity index (χ2v) is 7.57. The van der Waals surface area contributed by atoms with Crippen LogP contribution in [0.4, 0.5) is 8.78 Å². The Morgan fingerprint density at radius 3 is 2.41 bits per heavy atom. The van der Waals surface area contributed by atoms with E-state index in [0.717, 1.165) is 16.9 Å². The number of unbranched alkanes of at least 4 members (excludes halogenated alkanes) is 1. The first kappa shape index (κ1) is 24.8. The summed E-state index contributed by atoms with van der Waals surface area (Å²) < 4.78 is 33.6. The number of nitrogens with one attached hydrogen (secondary N) is 1. The molecule has 0 saturated carbocycles. The molecule has 3 amide bonds. The maximum absolute atomic E-state index is 12.5. The van der Waals surface area contributed by atoms with Crippen LogP contribution in [-0.2, 0) is 16.0 Å². The van der Waals surface area contributed by atoms with Gasteiger partial charge in [-0.1, -0.05) is 25.5 Å². The fourth-order valence-corrected chi connectivity index (χ4v) is 3.39. The first-order chi connectivity index (χ1) is 16.3. The average molecular weight is 474 g/mol. The van der Waals surface area contributed by atoms with Crippen molar-refractivity contribution in [2.24, 2.45) is 0 Å². The summed E-state index contributed by atoms with van der Waals surface area (Å²) in [4.78, 5) is 50.3. The Labute approximate surface area is 194 Å². The predicted octanol–water partition coefficient (Wildman–Crippen LogP) is 3.20. The van der Waals surface area contributed by atoms with E-state index in [1.807, 2.05) is 6.92 Å². The summed E-state index contributed by atoms with van der Waals surface area (Å²) in [7, 11) is 0. The zero-order valence-electron chi connectivity index (χ0n) is 18.5. The second-order valence-electron chi connectivity index (χ2n) is 7.57. The average Bonchev–Trinajstić information content (AvgIpc) is 3.05. The molecule has 34 heavy (non-hydrogen) atoms. The highest BCUT2D eigenvalue weighted by molar-refractivity contribution is 6.22. The van der Waals surface area contributed by atoms with Gasteiger partial charge in [0, 0.05) is 13.1 Å². The number of hydrogen-bond acceptors (Lipinski definition) is 6. The number of alkyl halides is 2. The molecule has 0 saturated heterocycles. The van der Waals surface area contributed by atoms with E-state index in [1.54, 1.807) is 12.1 Å². The highest BCUT2D eigenvalue weighted by Crippen LogP contribution is 2.24. The van der Waals surface area contributed by atoms with Crippen molar-refractivity contribution in [2.75, 3.05) is 19.7 Å². The van der Waals surface area contributed by atoms with Gasteiger partial charge in [0.15, 0.2) is 6.61 Å². The van der Waals surface area contributed by atoms with Crippen molar-refractivity contribution in [3.63, 3.8) is 0 Å². The molecule has 1 aliphatic heterocycles. The Hall–Kier alpha value is -3.82. The molecule has 1 aliphatic rings. The van der Waals surface area contributed by atoms with Crippen molar-refractivity contribution >= 4 is 23.7 Å². The molecule has 2 aromatic rings. The van der Waals surface area contributed by atoms with E-state index in [0.29, 0.717) is 19.4 Å². The monoisotopic (exact) mass is 474 g/mol. The molecule has 0 aromatic heterocycles. The van der Waals surface area contributed by atoms with Gasteiger partial charge in [-0.3, -0.25) is 19.3 Å². The van der Waals surface area contributed by atoms with E-state index in [2.05, 4.69) is 10.1 Å². The van der Waals surface area contributed by atoms with E-state index >= 15 is 0 Å². The summed E-state index contributed by atoms with van der Waals surface area (Å²) in [5.41, 5.74) is 1.24. The van der Waals surface area contributed by atoms with Crippen molar-refractivity contribution < 1.29 is 37.4 Å². The minimum absolute atomic E-state index is 0.0426. The molecule has 3 rings (SSSR count). The third-order valence-corrected chi connectivity index (χ3v) is 5.16. The molecule has 0 bridgehead atoms. The quantitative estimate of drug-likeness (QED) is 0.397. The molecule has 0 atom stereocenters. The number of fused-ring (bicyclic) bond motifs is 1. The van der Waals surface area contributed by atoms with Gasteiger partial charge < -0.3 is 14.8 Å². The smallest absolute Gasteiger partial charge is 0.387 e. The number of imide groups is 1. The van der Waals surface area contributed by atoms with Crippen LogP contribution in [0.5, 0.6) is 5.75 Å². The molecule has 180 valence electrons. The minimum Gasteiger partial charge on any atom is -0.452 e. The van der Waals surface area contributed by atoms with E-state index in [4.69, 9.17) is 4.74 Å². The van der Waals surface area contributed by atoms with Gasteiger partial charge in [0.1, 0.15) is 5.75 Å². The van der Waals surface area contributed by atoms with Gasteiger partial charge >= 0.3 is 12.6 Å². The van der Waals surface area contributed by atoms with E-state index in [-0.39, 0.29) is 34.9 Å². The second kappa shape index (κ2) is 11.4. The highest BCUT2D eigenvalue weighted by Gasteiger charge is 2.35.